The van der Waals surface area contributed by atoms with Crippen molar-refractivity contribution >= 4 is 14.2 Å². The minimum Gasteiger partial charge on any atom is -0.424 e. The Hall–Kier alpha value is -9.22. The third kappa shape index (κ3) is 9.56. The van der Waals surface area contributed by atoms with Gasteiger partial charge in [-0.25, -0.2) is 30.6 Å². The van der Waals surface area contributed by atoms with Crippen LogP contribution < -0.4 is 0 Å². The number of hydrogen-bond donors (Lipinski definition) is 0. The molecule has 0 atom stereocenters. The molecule has 12 rings (SSSR count). The number of aromatic nitrogens is 18. The molecule has 12 aromatic heterocycles. The first-order valence-electron chi connectivity index (χ1n) is 21.4. The second-order valence-corrected chi connectivity index (χ2v) is 15.2. The van der Waals surface area contributed by atoms with E-state index in [1.165, 1.54) is 0 Å². The summed E-state index contributed by atoms with van der Waals surface area (Å²) in [5.41, 5.74) is 10.5. The maximum atomic E-state index is 4.83. The summed E-state index contributed by atoms with van der Waals surface area (Å²) in [4.78, 5) is 25.3. The molecule has 0 aliphatic carbocycles. The fourth-order valence-corrected chi connectivity index (χ4v) is 7.54. The third-order valence-corrected chi connectivity index (χ3v) is 10.8. The molecule has 0 amide bonds. The van der Waals surface area contributed by atoms with Gasteiger partial charge in [-0.3, -0.25) is 29.9 Å². The van der Waals surface area contributed by atoms with Crippen molar-refractivity contribution in [2.75, 3.05) is 0 Å². The first-order valence-corrected chi connectivity index (χ1v) is 21.4. The smallest absolute Gasteiger partial charge is 0.424 e. The van der Waals surface area contributed by atoms with Crippen molar-refractivity contribution in [3.05, 3.63) is 221 Å². The summed E-state index contributed by atoms with van der Waals surface area (Å²) in [6.07, 6.45) is 32.8. The van der Waals surface area contributed by atoms with E-state index in [1.807, 2.05) is 174 Å². The van der Waals surface area contributed by atoms with Crippen molar-refractivity contribution in [1.29, 1.82) is 0 Å². The molecule has 12 heterocycles. The Kier molecular flexibility index (Phi) is 12.7. The molecule has 0 saturated heterocycles. The van der Waals surface area contributed by atoms with Gasteiger partial charge in [0.1, 0.15) is 0 Å². The van der Waals surface area contributed by atoms with Gasteiger partial charge in [-0.05, 0) is 146 Å². The summed E-state index contributed by atoms with van der Waals surface area (Å²) in [5, 5.41) is 29.0. The van der Waals surface area contributed by atoms with Crippen molar-refractivity contribution in [2.24, 2.45) is 0 Å². The summed E-state index contributed by atoms with van der Waals surface area (Å²) >= 11 is 0. The molecule has 0 aromatic carbocycles. The minimum absolute atomic E-state index is 0. The monoisotopic (exact) mass is 944 g/mol. The van der Waals surface area contributed by atoms with Crippen LogP contribution in [-0.2, 0) is 16.5 Å². The average Bonchev–Trinajstić information content (AvgIpc) is 4.29. The standard InChI is InChI=1S/2C24H18BN9.Ni/c2*1-4-19(16-26-10-1)22-7-13-32(29-22)25(33-14-8-23(30-33)20-5-2-11-27-17-20)34-15-9-24(31-34)21-6-3-12-28-18-21;/h2*1-18H;/q2*-1;+2. The van der Waals surface area contributed by atoms with Crippen LogP contribution in [0.25, 0.3) is 67.5 Å². The quantitative estimate of drug-likeness (QED) is 0.117. The summed E-state index contributed by atoms with van der Waals surface area (Å²) < 4.78 is 11.0. The topological polar surface area (TPSA) is 184 Å². The molecule has 0 saturated carbocycles. The van der Waals surface area contributed by atoms with Crippen molar-refractivity contribution in [2.45, 2.75) is 0 Å². The van der Waals surface area contributed by atoms with Crippen LogP contribution in [0, 0.1) is 0 Å². The van der Waals surface area contributed by atoms with E-state index in [4.69, 9.17) is 30.6 Å². The predicted octanol–water partition coefficient (Wildman–Crippen LogP) is 6.78. The van der Waals surface area contributed by atoms with Gasteiger partial charge in [0, 0.05) is 108 Å². The van der Waals surface area contributed by atoms with E-state index in [2.05, 4.69) is 29.9 Å². The molecule has 69 heavy (non-hydrogen) atoms. The molecule has 0 aliphatic heterocycles. The van der Waals surface area contributed by atoms with Gasteiger partial charge in [-0.1, -0.05) is 0 Å². The Labute approximate surface area is 405 Å². The Bertz CT molecular complexity index is 2890. The van der Waals surface area contributed by atoms with E-state index in [9.17, 15) is 0 Å². The second-order valence-electron chi connectivity index (χ2n) is 15.2. The first kappa shape index (κ1) is 43.7. The van der Waals surface area contributed by atoms with E-state index in [-0.39, 0.29) is 16.5 Å². The van der Waals surface area contributed by atoms with Gasteiger partial charge in [-0.15, -0.1) is 0 Å². The average molecular weight is 945 g/mol. The molecule has 334 valence electrons. The Morgan fingerprint density at radius 3 is 0.565 bits per heavy atom. The van der Waals surface area contributed by atoms with E-state index in [0.717, 1.165) is 67.5 Å². The van der Waals surface area contributed by atoms with Crippen LogP contribution >= 0.6 is 0 Å². The number of hydrogen-bond acceptors (Lipinski definition) is 12. The molecule has 0 N–H and O–H groups in total. The Morgan fingerprint density at radius 1 is 0.246 bits per heavy atom. The van der Waals surface area contributed by atoms with Crippen molar-refractivity contribution in [1.82, 2.24) is 88.1 Å². The van der Waals surface area contributed by atoms with Crippen LogP contribution in [0.15, 0.2) is 221 Å². The van der Waals surface area contributed by atoms with Gasteiger partial charge in [-0.2, -0.15) is 0 Å². The molecule has 21 heteroatoms. The molecule has 2 radical (unpaired) electrons. The maximum absolute atomic E-state index is 4.83. The van der Waals surface area contributed by atoms with Gasteiger partial charge in [0.25, 0.3) is 14.2 Å². The molecule has 0 spiro atoms. The summed E-state index contributed by atoms with van der Waals surface area (Å²) in [6, 6.07) is 35.0. The van der Waals surface area contributed by atoms with Crippen LogP contribution in [-0.4, -0.2) is 102 Å². The zero-order chi connectivity index (χ0) is 45.5. The summed E-state index contributed by atoms with van der Waals surface area (Å²) in [6.45, 7) is 0. The van der Waals surface area contributed by atoms with E-state index in [1.54, 1.807) is 74.4 Å². The SMILES string of the molecule is [Ni+2].c1cncc(-c2ccn([B-](n3ccc(-c4cccnc4)n3)n3ccc(-c4cccnc4)n3)n2)c1.c1cncc(-c2ccn([B-](n3ccc(-c4cccnc4)n3)n3ccc(-c4cccnc4)n3)n2)c1. The van der Waals surface area contributed by atoms with Crippen molar-refractivity contribution in [3.63, 3.8) is 0 Å². The van der Waals surface area contributed by atoms with E-state index in [0.29, 0.717) is 0 Å². The summed E-state index contributed by atoms with van der Waals surface area (Å²) in [5.74, 6) is 0. The van der Waals surface area contributed by atoms with Crippen LogP contribution in [0.2, 0.25) is 0 Å². The molecule has 0 aliphatic rings. The number of rotatable bonds is 12. The minimum atomic E-state index is -0.457. The largest absolute Gasteiger partial charge is 2.00 e. The molecule has 0 bridgehead atoms. The van der Waals surface area contributed by atoms with E-state index < -0.39 is 14.2 Å². The third-order valence-electron chi connectivity index (χ3n) is 10.8. The van der Waals surface area contributed by atoms with Crippen molar-refractivity contribution < 1.29 is 16.5 Å². The normalized spacial score (nSPS) is 11.0. The number of nitrogens with zero attached hydrogens (tertiary/aromatic N) is 18. The van der Waals surface area contributed by atoms with Gasteiger partial charge in [0.15, 0.2) is 0 Å². The second kappa shape index (κ2) is 20.1. The van der Waals surface area contributed by atoms with Gasteiger partial charge < -0.3 is 27.6 Å². The van der Waals surface area contributed by atoms with Crippen LogP contribution in [0.4, 0.5) is 0 Å². The van der Waals surface area contributed by atoms with Gasteiger partial charge in [0.2, 0.25) is 0 Å². The fraction of sp³-hybridized carbons (Fsp3) is 0. The predicted molar refractivity (Wildman–Crippen MR) is 257 cm³/mol. The van der Waals surface area contributed by atoms with Crippen LogP contribution in [0.3, 0.4) is 0 Å². The number of pyridine rings is 6. The molecule has 18 nitrogen and oxygen atoms in total. The zero-order valence-corrected chi connectivity index (χ0v) is 37.3. The first-order chi connectivity index (χ1) is 33.7. The molecule has 0 fully saturated rings. The van der Waals surface area contributed by atoms with Gasteiger partial charge in [0.05, 0.1) is 34.2 Å². The fourth-order valence-electron chi connectivity index (χ4n) is 7.54. The Morgan fingerprint density at radius 2 is 0.420 bits per heavy atom. The zero-order valence-electron chi connectivity index (χ0n) is 36.3. The maximum Gasteiger partial charge on any atom is 2.00 e. The summed E-state index contributed by atoms with van der Waals surface area (Å²) in [7, 11) is -0.914. The van der Waals surface area contributed by atoms with Crippen molar-refractivity contribution in [3.8, 4) is 67.5 Å². The molecule has 0 unspecified atom stereocenters. The molecule has 12 aromatic rings. The molecular weight excluding hydrogens is 909 g/mol. The van der Waals surface area contributed by atoms with Gasteiger partial charge >= 0.3 is 16.5 Å². The van der Waals surface area contributed by atoms with E-state index >= 15 is 0 Å². The van der Waals surface area contributed by atoms with Crippen LogP contribution in [0.1, 0.15) is 0 Å². The molecular formula is C48H36B2N18Ni. The van der Waals surface area contributed by atoms with Crippen LogP contribution in [0.5, 0.6) is 0 Å². The Balaban J connectivity index is 0.000000158.